The highest BCUT2D eigenvalue weighted by molar-refractivity contribution is 6.30. The summed E-state index contributed by atoms with van der Waals surface area (Å²) in [5.41, 5.74) is 2.44. The van der Waals surface area contributed by atoms with Gasteiger partial charge in [-0.25, -0.2) is 0 Å². The average molecular weight is 231 g/mol. The van der Waals surface area contributed by atoms with E-state index in [2.05, 4.69) is 6.07 Å². The topological polar surface area (TPSA) is 9.23 Å². The van der Waals surface area contributed by atoms with Crippen molar-refractivity contribution in [1.82, 2.24) is 0 Å². The largest absolute Gasteiger partial charge is 0.457 e. The molecule has 0 bridgehead atoms. The van der Waals surface area contributed by atoms with E-state index in [0.717, 1.165) is 29.4 Å². The maximum absolute atomic E-state index is 5.99. The molecular weight excluding hydrogens is 220 g/mol. The van der Waals surface area contributed by atoms with Gasteiger partial charge in [-0.15, -0.1) is 0 Å². The molecule has 1 nitrogen and oxygen atoms in total. The Morgan fingerprint density at radius 3 is 2.56 bits per heavy atom. The van der Waals surface area contributed by atoms with Gasteiger partial charge in [-0.05, 0) is 48.2 Å². The van der Waals surface area contributed by atoms with Crippen LogP contribution in [0.4, 0.5) is 0 Å². The van der Waals surface area contributed by atoms with Crippen molar-refractivity contribution in [2.75, 3.05) is 0 Å². The van der Waals surface area contributed by atoms with Crippen LogP contribution in [0.15, 0.2) is 42.5 Å². The molecule has 0 saturated carbocycles. The molecule has 0 fully saturated rings. The maximum atomic E-state index is 5.99. The average Bonchev–Trinajstić information content (AvgIpc) is 2.48. The van der Waals surface area contributed by atoms with Crippen LogP contribution in [0.3, 0.4) is 0 Å². The Bertz CT molecular complexity index is 534. The van der Waals surface area contributed by atoms with E-state index >= 15 is 0 Å². The third kappa shape index (κ3) is 1.68. The molecule has 16 heavy (non-hydrogen) atoms. The van der Waals surface area contributed by atoms with Crippen LogP contribution in [-0.4, -0.2) is 0 Å². The zero-order valence-electron chi connectivity index (χ0n) is 8.74. The lowest BCUT2D eigenvalue weighted by Gasteiger charge is -2.08. The molecule has 2 aromatic carbocycles. The van der Waals surface area contributed by atoms with Crippen LogP contribution >= 0.6 is 11.6 Å². The van der Waals surface area contributed by atoms with Crippen LogP contribution in [0.5, 0.6) is 11.5 Å². The van der Waals surface area contributed by atoms with Crippen LogP contribution in [0.25, 0.3) is 0 Å². The first kappa shape index (κ1) is 9.73. The first-order valence-electron chi connectivity index (χ1n) is 5.37. The van der Waals surface area contributed by atoms with Gasteiger partial charge in [-0.3, -0.25) is 0 Å². The SMILES string of the molecule is Clc1ccc2c(c1)CCc1ccccc1O2. The van der Waals surface area contributed by atoms with Crippen LogP contribution in [0.2, 0.25) is 5.02 Å². The molecule has 1 aliphatic rings. The molecule has 0 unspecified atom stereocenters. The predicted molar refractivity (Wildman–Crippen MR) is 65.4 cm³/mol. The number of aryl methyl sites for hydroxylation is 2. The zero-order chi connectivity index (χ0) is 11.0. The van der Waals surface area contributed by atoms with Gasteiger partial charge in [0.15, 0.2) is 0 Å². The van der Waals surface area contributed by atoms with E-state index in [1.165, 1.54) is 11.1 Å². The summed E-state index contributed by atoms with van der Waals surface area (Å²) < 4.78 is 5.90. The van der Waals surface area contributed by atoms with Crippen molar-refractivity contribution < 1.29 is 4.74 Å². The van der Waals surface area contributed by atoms with E-state index in [-0.39, 0.29) is 0 Å². The minimum atomic E-state index is 0.772. The molecule has 0 N–H and O–H groups in total. The van der Waals surface area contributed by atoms with Gasteiger partial charge in [0, 0.05) is 5.02 Å². The van der Waals surface area contributed by atoms with E-state index in [0.29, 0.717) is 0 Å². The van der Waals surface area contributed by atoms with Gasteiger partial charge in [0.25, 0.3) is 0 Å². The van der Waals surface area contributed by atoms with E-state index in [1.54, 1.807) is 0 Å². The summed E-state index contributed by atoms with van der Waals surface area (Å²) in [7, 11) is 0. The number of ether oxygens (including phenoxy) is 1. The van der Waals surface area contributed by atoms with Crippen LogP contribution < -0.4 is 4.74 Å². The Hall–Kier alpha value is -1.47. The summed E-state index contributed by atoms with van der Waals surface area (Å²) in [6.07, 6.45) is 1.98. The Kier molecular flexibility index (Phi) is 2.33. The van der Waals surface area contributed by atoms with Crippen molar-refractivity contribution in [2.45, 2.75) is 12.8 Å². The molecule has 0 amide bonds. The minimum absolute atomic E-state index is 0.772. The highest BCUT2D eigenvalue weighted by atomic mass is 35.5. The number of benzene rings is 2. The fourth-order valence-corrected chi connectivity index (χ4v) is 2.24. The molecule has 2 heteroatoms. The second-order valence-electron chi connectivity index (χ2n) is 3.96. The van der Waals surface area contributed by atoms with Crippen molar-refractivity contribution in [1.29, 1.82) is 0 Å². The number of hydrogen-bond acceptors (Lipinski definition) is 1. The van der Waals surface area contributed by atoms with E-state index in [1.807, 2.05) is 36.4 Å². The smallest absolute Gasteiger partial charge is 0.130 e. The molecule has 1 aliphatic heterocycles. The fourth-order valence-electron chi connectivity index (χ4n) is 2.04. The van der Waals surface area contributed by atoms with Gasteiger partial charge in [0.05, 0.1) is 0 Å². The van der Waals surface area contributed by atoms with Gasteiger partial charge in [-0.2, -0.15) is 0 Å². The van der Waals surface area contributed by atoms with Crippen molar-refractivity contribution in [3.63, 3.8) is 0 Å². The van der Waals surface area contributed by atoms with Gasteiger partial charge in [-0.1, -0.05) is 29.8 Å². The van der Waals surface area contributed by atoms with Gasteiger partial charge in [0.2, 0.25) is 0 Å². The quantitative estimate of drug-likeness (QED) is 0.658. The molecule has 0 aromatic heterocycles. The third-order valence-electron chi connectivity index (χ3n) is 2.88. The highest BCUT2D eigenvalue weighted by Gasteiger charge is 2.13. The predicted octanol–water partition coefficient (Wildman–Crippen LogP) is 4.23. The van der Waals surface area contributed by atoms with Crippen LogP contribution in [0, 0.1) is 0 Å². The molecule has 80 valence electrons. The summed E-state index contributed by atoms with van der Waals surface area (Å²) in [5, 5.41) is 0.772. The Morgan fingerprint density at radius 2 is 1.62 bits per heavy atom. The van der Waals surface area contributed by atoms with Crippen molar-refractivity contribution in [3.8, 4) is 11.5 Å². The highest BCUT2D eigenvalue weighted by Crippen LogP contribution is 2.34. The Morgan fingerprint density at radius 1 is 0.875 bits per heavy atom. The summed E-state index contributed by atoms with van der Waals surface area (Å²) in [6, 6.07) is 14.0. The second-order valence-corrected chi connectivity index (χ2v) is 4.40. The van der Waals surface area contributed by atoms with Crippen LogP contribution in [0.1, 0.15) is 11.1 Å². The van der Waals surface area contributed by atoms with Gasteiger partial charge < -0.3 is 4.74 Å². The van der Waals surface area contributed by atoms with Crippen molar-refractivity contribution in [2.24, 2.45) is 0 Å². The fraction of sp³-hybridized carbons (Fsp3) is 0.143. The summed E-state index contributed by atoms with van der Waals surface area (Å²) in [4.78, 5) is 0. The number of halogens is 1. The summed E-state index contributed by atoms with van der Waals surface area (Å²) in [6.45, 7) is 0. The molecule has 0 saturated heterocycles. The monoisotopic (exact) mass is 230 g/mol. The third-order valence-corrected chi connectivity index (χ3v) is 3.11. The number of rotatable bonds is 0. The minimum Gasteiger partial charge on any atom is -0.457 e. The maximum Gasteiger partial charge on any atom is 0.130 e. The second kappa shape index (κ2) is 3.84. The normalized spacial score (nSPS) is 13.3. The molecular formula is C14H11ClO. The molecule has 1 heterocycles. The van der Waals surface area contributed by atoms with Crippen LogP contribution in [-0.2, 0) is 12.8 Å². The lowest BCUT2D eigenvalue weighted by molar-refractivity contribution is 0.479. The molecule has 0 spiro atoms. The molecule has 3 rings (SSSR count). The zero-order valence-corrected chi connectivity index (χ0v) is 9.50. The van der Waals surface area contributed by atoms with E-state index in [9.17, 15) is 0 Å². The molecule has 2 aromatic rings. The number of hydrogen-bond donors (Lipinski definition) is 0. The lowest BCUT2D eigenvalue weighted by atomic mass is 10.0. The van der Waals surface area contributed by atoms with Crippen molar-refractivity contribution >= 4 is 11.6 Å². The van der Waals surface area contributed by atoms with E-state index < -0.39 is 0 Å². The Balaban J connectivity index is 2.08. The van der Waals surface area contributed by atoms with Gasteiger partial charge in [0.1, 0.15) is 11.5 Å². The summed E-state index contributed by atoms with van der Waals surface area (Å²) >= 11 is 5.99. The lowest BCUT2D eigenvalue weighted by Crippen LogP contribution is -1.88. The standard InChI is InChI=1S/C14H11ClO/c15-12-7-8-14-11(9-12)6-5-10-3-1-2-4-13(10)16-14/h1-4,7-9H,5-6H2. The molecule has 0 aliphatic carbocycles. The first-order chi connectivity index (χ1) is 7.83. The summed E-state index contributed by atoms with van der Waals surface area (Å²) in [5.74, 6) is 1.89. The van der Waals surface area contributed by atoms with E-state index in [4.69, 9.17) is 16.3 Å². The first-order valence-corrected chi connectivity index (χ1v) is 5.75. The molecule has 0 radical (unpaired) electrons. The number of para-hydroxylation sites is 1. The van der Waals surface area contributed by atoms with Gasteiger partial charge >= 0.3 is 0 Å². The molecule has 0 atom stereocenters. The number of fused-ring (bicyclic) bond motifs is 2. The van der Waals surface area contributed by atoms with Crippen molar-refractivity contribution in [3.05, 3.63) is 58.6 Å². The Labute approximate surface area is 99.6 Å².